The summed E-state index contributed by atoms with van der Waals surface area (Å²) < 4.78 is 0. The highest BCUT2D eigenvalue weighted by molar-refractivity contribution is 9.09. The maximum absolute atomic E-state index is 13.2. The molecule has 0 N–H and O–H groups in total. The third-order valence-electron chi connectivity index (χ3n) is 6.58. The molecule has 3 heteroatoms. The van der Waals surface area contributed by atoms with Gasteiger partial charge in [-0.3, -0.25) is 4.79 Å². The number of nitrogens with zero attached hydrogens (tertiary/aromatic N) is 1. The van der Waals surface area contributed by atoms with Crippen LogP contribution in [0.15, 0.2) is 0 Å². The van der Waals surface area contributed by atoms with E-state index in [-0.39, 0.29) is 5.41 Å². The number of halogens is 1. The molecule has 2 atom stereocenters. The first-order valence-corrected chi connectivity index (χ1v) is 9.41. The van der Waals surface area contributed by atoms with E-state index in [1.165, 1.54) is 38.5 Å². The molecule has 20 heavy (non-hydrogen) atoms. The van der Waals surface area contributed by atoms with E-state index >= 15 is 0 Å². The van der Waals surface area contributed by atoms with E-state index in [0.29, 0.717) is 16.7 Å². The zero-order valence-corrected chi connectivity index (χ0v) is 14.1. The van der Waals surface area contributed by atoms with Gasteiger partial charge in [-0.05, 0) is 68.6 Å². The van der Waals surface area contributed by atoms with Crippen LogP contribution in [0, 0.1) is 29.1 Å². The highest BCUT2D eigenvalue weighted by atomic mass is 79.9. The number of hydrogen-bond donors (Lipinski definition) is 0. The monoisotopic (exact) mass is 339 g/mol. The first-order valence-electron chi connectivity index (χ1n) is 8.49. The Bertz CT molecular complexity index is 386. The fourth-order valence-electron chi connectivity index (χ4n) is 6.01. The molecule has 1 aliphatic heterocycles. The number of likely N-dealkylation sites (tertiary alicyclic amines) is 1. The van der Waals surface area contributed by atoms with Crippen molar-refractivity contribution < 1.29 is 4.79 Å². The zero-order chi connectivity index (χ0) is 13.9. The van der Waals surface area contributed by atoms with E-state index in [9.17, 15) is 4.79 Å². The molecule has 4 aliphatic carbocycles. The first kappa shape index (κ1) is 13.6. The minimum atomic E-state index is 0.0631. The molecule has 4 bridgehead atoms. The van der Waals surface area contributed by atoms with Gasteiger partial charge in [-0.15, -0.1) is 0 Å². The van der Waals surface area contributed by atoms with E-state index < -0.39 is 0 Å². The molecular weight excluding hydrogens is 314 g/mol. The van der Waals surface area contributed by atoms with Crippen molar-refractivity contribution in [1.29, 1.82) is 0 Å². The maximum atomic E-state index is 13.2. The first-order chi connectivity index (χ1) is 9.56. The lowest BCUT2D eigenvalue weighted by Gasteiger charge is -2.57. The van der Waals surface area contributed by atoms with E-state index in [1.54, 1.807) is 0 Å². The van der Waals surface area contributed by atoms with Gasteiger partial charge < -0.3 is 4.90 Å². The number of rotatable bonds is 1. The van der Waals surface area contributed by atoms with Crippen LogP contribution < -0.4 is 0 Å². The molecule has 112 valence electrons. The van der Waals surface area contributed by atoms with Crippen molar-refractivity contribution in [3.63, 3.8) is 0 Å². The number of carbonyl (C=O) groups is 1. The molecule has 1 saturated heterocycles. The van der Waals surface area contributed by atoms with E-state index in [1.807, 2.05) is 0 Å². The lowest BCUT2D eigenvalue weighted by atomic mass is 9.49. The molecule has 2 unspecified atom stereocenters. The summed E-state index contributed by atoms with van der Waals surface area (Å²) in [5.74, 6) is 3.74. The number of amides is 1. The summed E-state index contributed by atoms with van der Waals surface area (Å²) >= 11 is 3.76. The Morgan fingerprint density at radius 2 is 1.65 bits per heavy atom. The fourth-order valence-corrected chi connectivity index (χ4v) is 6.38. The van der Waals surface area contributed by atoms with Crippen molar-refractivity contribution in [2.45, 2.75) is 56.7 Å². The Morgan fingerprint density at radius 3 is 2.15 bits per heavy atom. The van der Waals surface area contributed by atoms with Crippen molar-refractivity contribution >= 4 is 21.8 Å². The molecule has 5 aliphatic rings. The van der Waals surface area contributed by atoms with Gasteiger partial charge in [0.05, 0.1) is 5.41 Å². The average Bonchev–Trinajstić information content (AvgIpc) is 2.39. The molecule has 1 amide bonds. The van der Waals surface area contributed by atoms with Gasteiger partial charge in [0.1, 0.15) is 0 Å². The second-order valence-corrected chi connectivity index (χ2v) is 9.41. The molecule has 0 aromatic rings. The van der Waals surface area contributed by atoms with Crippen LogP contribution in [-0.2, 0) is 4.79 Å². The van der Waals surface area contributed by atoms with Gasteiger partial charge in [-0.25, -0.2) is 0 Å². The minimum absolute atomic E-state index is 0.0631. The molecule has 0 spiro atoms. The fraction of sp³-hybridized carbons (Fsp3) is 0.941. The molecule has 4 saturated carbocycles. The second-order valence-electron chi connectivity index (χ2n) is 8.23. The van der Waals surface area contributed by atoms with Crippen LogP contribution in [0.5, 0.6) is 0 Å². The lowest BCUT2D eigenvalue weighted by molar-refractivity contribution is -0.159. The molecule has 0 aromatic heterocycles. The number of carbonyl (C=O) groups excluding carboxylic acids is 1. The lowest BCUT2D eigenvalue weighted by Crippen LogP contribution is -2.56. The Hall–Kier alpha value is -0.0500. The van der Waals surface area contributed by atoms with Gasteiger partial charge in [0, 0.05) is 17.9 Å². The number of alkyl halides is 1. The third kappa shape index (κ3) is 2.07. The van der Waals surface area contributed by atoms with Crippen LogP contribution in [-0.4, -0.2) is 28.7 Å². The van der Waals surface area contributed by atoms with Crippen LogP contribution in [0.1, 0.15) is 51.9 Å². The van der Waals surface area contributed by atoms with Crippen molar-refractivity contribution in [2.75, 3.05) is 13.1 Å². The normalized spacial score (nSPS) is 50.5. The number of hydrogen-bond acceptors (Lipinski definition) is 1. The van der Waals surface area contributed by atoms with Gasteiger partial charge in [-0.1, -0.05) is 22.9 Å². The van der Waals surface area contributed by atoms with Gasteiger partial charge >= 0.3 is 0 Å². The van der Waals surface area contributed by atoms with Gasteiger partial charge in [-0.2, -0.15) is 0 Å². The van der Waals surface area contributed by atoms with Crippen LogP contribution in [0.4, 0.5) is 0 Å². The number of piperidine rings is 1. The molecule has 5 fully saturated rings. The van der Waals surface area contributed by atoms with E-state index in [4.69, 9.17) is 0 Å². The largest absolute Gasteiger partial charge is 0.342 e. The predicted molar refractivity (Wildman–Crippen MR) is 83.7 cm³/mol. The highest BCUT2D eigenvalue weighted by Gasteiger charge is 2.55. The molecule has 0 aromatic carbocycles. The molecule has 1 heterocycles. The van der Waals surface area contributed by atoms with Crippen molar-refractivity contribution in [2.24, 2.45) is 29.1 Å². The quantitative estimate of drug-likeness (QED) is 0.664. The Balaban J connectivity index is 1.53. The highest BCUT2D eigenvalue weighted by Crippen LogP contribution is 2.60. The molecule has 0 radical (unpaired) electrons. The molecule has 5 rings (SSSR count). The summed E-state index contributed by atoms with van der Waals surface area (Å²) in [6.07, 6.45) is 9.02. The van der Waals surface area contributed by atoms with Crippen molar-refractivity contribution in [1.82, 2.24) is 4.90 Å². The summed E-state index contributed by atoms with van der Waals surface area (Å²) in [5, 5.41) is 0. The van der Waals surface area contributed by atoms with Crippen LogP contribution in [0.25, 0.3) is 0 Å². The summed E-state index contributed by atoms with van der Waals surface area (Å²) in [4.78, 5) is 16.0. The topological polar surface area (TPSA) is 20.3 Å². The molecule has 2 nitrogen and oxygen atoms in total. The SMILES string of the molecule is CC1CN(C(=O)C23CC4CC(CC(C4)C2)C3)CCC1Br. The minimum Gasteiger partial charge on any atom is -0.342 e. The van der Waals surface area contributed by atoms with Crippen molar-refractivity contribution in [3.8, 4) is 0 Å². The maximum Gasteiger partial charge on any atom is 0.228 e. The average molecular weight is 340 g/mol. The Kier molecular flexibility index (Phi) is 3.21. The van der Waals surface area contributed by atoms with Crippen LogP contribution >= 0.6 is 15.9 Å². The third-order valence-corrected chi connectivity index (χ3v) is 7.94. The summed E-state index contributed by atoms with van der Waals surface area (Å²) in [6.45, 7) is 4.22. The Morgan fingerprint density at radius 1 is 1.10 bits per heavy atom. The zero-order valence-electron chi connectivity index (χ0n) is 12.5. The second kappa shape index (κ2) is 4.72. The van der Waals surface area contributed by atoms with Crippen LogP contribution in [0.3, 0.4) is 0 Å². The summed E-state index contributed by atoms with van der Waals surface area (Å²) in [5.41, 5.74) is 0.0631. The van der Waals surface area contributed by atoms with Crippen molar-refractivity contribution in [3.05, 3.63) is 0 Å². The smallest absolute Gasteiger partial charge is 0.228 e. The summed E-state index contributed by atoms with van der Waals surface area (Å²) in [6, 6.07) is 0. The standard InChI is InChI=1S/C17H26BrNO/c1-11-10-19(3-2-15(11)18)16(20)17-7-12-4-13(8-17)6-14(5-12)9-17/h11-15H,2-10H2,1H3. The summed E-state index contributed by atoms with van der Waals surface area (Å²) in [7, 11) is 0. The predicted octanol–water partition coefficient (Wildman–Crippen LogP) is 3.83. The van der Waals surface area contributed by atoms with Crippen LogP contribution in [0.2, 0.25) is 0 Å². The van der Waals surface area contributed by atoms with Gasteiger partial charge in [0.25, 0.3) is 0 Å². The van der Waals surface area contributed by atoms with E-state index in [0.717, 1.165) is 37.3 Å². The van der Waals surface area contributed by atoms with Gasteiger partial charge in [0.2, 0.25) is 5.91 Å². The Labute approximate surface area is 130 Å². The van der Waals surface area contributed by atoms with E-state index in [2.05, 4.69) is 27.8 Å². The van der Waals surface area contributed by atoms with Gasteiger partial charge in [0.15, 0.2) is 0 Å². The molecular formula is C17H26BrNO.